The molecule has 1 fully saturated rings. The predicted molar refractivity (Wildman–Crippen MR) is 123 cm³/mol. The standard InChI is InChI=1S/C23H20F7IN2O2/c1-3-20(9-10-20)33-19(35)17-14(5-4-6-15(17)31)18(34)32-16-8-7-13(11-12(16)2)21(24,22(25,26)27)23(28,29)30/h4-8,11H,3,9-10H2,1-2H3,(H,32,34)(H,33,35). The molecule has 0 aliphatic heterocycles. The van der Waals surface area contributed by atoms with Gasteiger partial charge in [0.1, 0.15) is 0 Å². The fourth-order valence-corrected chi connectivity index (χ4v) is 4.40. The van der Waals surface area contributed by atoms with Crippen LogP contribution in [0.2, 0.25) is 0 Å². The van der Waals surface area contributed by atoms with Crippen molar-refractivity contribution in [2.45, 2.75) is 56.7 Å². The van der Waals surface area contributed by atoms with Crippen LogP contribution < -0.4 is 10.6 Å². The number of carbonyl (C=O) groups excluding carboxylic acids is 2. The van der Waals surface area contributed by atoms with E-state index < -0.39 is 35.4 Å². The minimum absolute atomic E-state index is 0.0322. The molecule has 4 nitrogen and oxygen atoms in total. The van der Waals surface area contributed by atoms with E-state index in [0.29, 0.717) is 22.1 Å². The Morgan fingerprint density at radius 2 is 1.57 bits per heavy atom. The van der Waals surface area contributed by atoms with Crippen molar-refractivity contribution >= 4 is 40.1 Å². The Kier molecular flexibility index (Phi) is 7.19. The molecule has 0 heterocycles. The number of amides is 2. The van der Waals surface area contributed by atoms with Crippen LogP contribution in [0.25, 0.3) is 0 Å². The first kappa shape index (κ1) is 27.2. The first-order valence-corrected chi connectivity index (χ1v) is 11.5. The van der Waals surface area contributed by atoms with Crippen LogP contribution >= 0.6 is 22.6 Å². The molecule has 1 saturated carbocycles. The molecule has 0 radical (unpaired) electrons. The van der Waals surface area contributed by atoms with E-state index in [1.165, 1.54) is 12.1 Å². The molecule has 35 heavy (non-hydrogen) atoms. The molecule has 2 aromatic carbocycles. The van der Waals surface area contributed by atoms with E-state index >= 15 is 0 Å². The first-order valence-electron chi connectivity index (χ1n) is 10.4. The lowest BCUT2D eigenvalue weighted by Crippen LogP contribution is -2.50. The Morgan fingerprint density at radius 1 is 0.971 bits per heavy atom. The molecule has 0 atom stereocenters. The molecular formula is C23H20F7IN2O2. The van der Waals surface area contributed by atoms with Gasteiger partial charge in [0.15, 0.2) is 0 Å². The molecule has 3 rings (SSSR count). The van der Waals surface area contributed by atoms with Crippen LogP contribution in [-0.2, 0) is 5.67 Å². The van der Waals surface area contributed by atoms with Crippen molar-refractivity contribution in [3.8, 4) is 0 Å². The number of carbonyl (C=O) groups is 2. The van der Waals surface area contributed by atoms with Gasteiger partial charge in [-0.25, -0.2) is 4.39 Å². The summed E-state index contributed by atoms with van der Waals surface area (Å²) in [5, 5.41) is 5.31. The lowest BCUT2D eigenvalue weighted by atomic mass is 9.92. The zero-order valence-electron chi connectivity index (χ0n) is 18.4. The lowest BCUT2D eigenvalue weighted by Gasteiger charge is -2.30. The third-order valence-electron chi connectivity index (χ3n) is 6.05. The molecule has 1 aliphatic carbocycles. The second-order valence-corrected chi connectivity index (χ2v) is 9.55. The van der Waals surface area contributed by atoms with Crippen LogP contribution in [0.5, 0.6) is 0 Å². The minimum Gasteiger partial charge on any atom is -0.347 e. The number of anilines is 1. The van der Waals surface area contributed by atoms with E-state index in [1.807, 2.05) is 29.5 Å². The number of hydrogen-bond donors (Lipinski definition) is 2. The number of nitrogens with one attached hydrogen (secondary N) is 2. The topological polar surface area (TPSA) is 58.2 Å². The van der Waals surface area contributed by atoms with Gasteiger partial charge in [-0.3, -0.25) is 9.59 Å². The van der Waals surface area contributed by atoms with Gasteiger partial charge < -0.3 is 10.6 Å². The third kappa shape index (κ3) is 5.12. The largest absolute Gasteiger partial charge is 0.435 e. The molecule has 2 amide bonds. The summed E-state index contributed by atoms with van der Waals surface area (Å²) in [6.07, 6.45) is -10.2. The highest BCUT2D eigenvalue weighted by molar-refractivity contribution is 14.1. The summed E-state index contributed by atoms with van der Waals surface area (Å²) in [6.45, 7) is 3.06. The van der Waals surface area contributed by atoms with Crippen molar-refractivity contribution in [3.63, 3.8) is 0 Å². The second-order valence-electron chi connectivity index (χ2n) is 8.39. The van der Waals surface area contributed by atoms with E-state index in [9.17, 15) is 40.3 Å². The number of halogens is 8. The van der Waals surface area contributed by atoms with Crippen LogP contribution in [0, 0.1) is 10.5 Å². The van der Waals surface area contributed by atoms with E-state index in [1.54, 1.807) is 6.07 Å². The normalized spacial score (nSPS) is 15.5. The Bertz CT molecular complexity index is 1140. The molecule has 0 aromatic heterocycles. The summed E-state index contributed by atoms with van der Waals surface area (Å²) < 4.78 is 93.1. The van der Waals surface area contributed by atoms with E-state index in [2.05, 4.69) is 10.6 Å². The maximum absolute atomic E-state index is 14.4. The van der Waals surface area contributed by atoms with Gasteiger partial charge >= 0.3 is 18.0 Å². The highest BCUT2D eigenvalue weighted by Crippen LogP contribution is 2.53. The van der Waals surface area contributed by atoms with Crippen LogP contribution in [-0.4, -0.2) is 29.7 Å². The number of hydrogen-bond acceptors (Lipinski definition) is 2. The van der Waals surface area contributed by atoms with Gasteiger partial charge in [0, 0.05) is 20.4 Å². The van der Waals surface area contributed by atoms with E-state index in [-0.39, 0.29) is 27.9 Å². The predicted octanol–water partition coefficient (Wildman–Crippen LogP) is 6.81. The molecule has 0 spiro atoms. The van der Waals surface area contributed by atoms with Crippen LogP contribution in [0.4, 0.5) is 36.4 Å². The fraction of sp³-hybridized carbons (Fsp3) is 0.391. The molecule has 1 aliphatic rings. The number of benzene rings is 2. The number of aryl methyl sites for hydroxylation is 1. The van der Waals surface area contributed by atoms with Crippen molar-refractivity contribution in [2.24, 2.45) is 0 Å². The quantitative estimate of drug-likeness (QED) is 0.277. The van der Waals surface area contributed by atoms with E-state index in [4.69, 9.17) is 0 Å². The van der Waals surface area contributed by atoms with Crippen LogP contribution in [0.3, 0.4) is 0 Å². The Morgan fingerprint density at radius 3 is 2.06 bits per heavy atom. The van der Waals surface area contributed by atoms with Crippen molar-refractivity contribution in [3.05, 3.63) is 62.2 Å². The molecular weight excluding hydrogens is 596 g/mol. The molecule has 0 unspecified atom stereocenters. The van der Waals surface area contributed by atoms with Crippen molar-refractivity contribution < 1.29 is 40.3 Å². The van der Waals surface area contributed by atoms with E-state index in [0.717, 1.165) is 25.8 Å². The van der Waals surface area contributed by atoms with Gasteiger partial charge in [0.25, 0.3) is 11.8 Å². The van der Waals surface area contributed by atoms with Gasteiger partial charge in [-0.2, -0.15) is 26.3 Å². The Balaban J connectivity index is 1.92. The maximum Gasteiger partial charge on any atom is 0.435 e. The maximum atomic E-state index is 14.4. The van der Waals surface area contributed by atoms with Crippen molar-refractivity contribution in [2.75, 3.05) is 5.32 Å². The minimum atomic E-state index is -6.25. The summed E-state index contributed by atoms with van der Waals surface area (Å²) in [7, 11) is 0. The zero-order valence-corrected chi connectivity index (χ0v) is 20.6. The zero-order chi connectivity index (χ0) is 26.4. The monoisotopic (exact) mass is 616 g/mol. The summed E-state index contributed by atoms with van der Waals surface area (Å²) in [5.41, 5.74) is -7.87. The number of alkyl halides is 7. The Labute approximate surface area is 209 Å². The molecule has 2 N–H and O–H groups in total. The number of rotatable bonds is 6. The first-order chi connectivity index (χ1) is 16.1. The molecule has 0 bridgehead atoms. The van der Waals surface area contributed by atoms with Gasteiger partial charge in [-0.15, -0.1) is 0 Å². The summed E-state index contributed by atoms with van der Waals surface area (Å²) in [6, 6.07) is 5.99. The Hall–Kier alpha value is -2.38. The van der Waals surface area contributed by atoms with Crippen LogP contribution in [0.1, 0.15) is 58.0 Å². The molecule has 12 heteroatoms. The fourth-order valence-electron chi connectivity index (χ4n) is 3.66. The summed E-state index contributed by atoms with van der Waals surface area (Å²) >= 11 is 1.89. The van der Waals surface area contributed by atoms with Gasteiger partial charge in [-0.05, 0) is 72.5 Å². The highest BCUT2D eigenvalue weighted by atomic mass is 127. The third-order valence-corrected chi connectivity index (χ3v) is 6.95. The molecule has 0 saturated heterocycles. The van der Waals surface area contributed by atoms with Crippen LogP contribution in [0.15, 0.2) is 36.4 Å². The van der Waals surface area contributed by atoms with Gasteiger partial charge in [0.2, 0.25) is 0 Å². The SMILES string of the molecule is CCC1(NC(=O)c2c(I)cccc2C(=O)Nc2ccc(C(F)(C(F)(F)F)C(F)(F)F)cc2C)CC1. The van der Waals surface area contributed by atoms with Gasteiger partial charge in [-0.1, -0.05) is 25.1 Å². The average Bonchev–Trinajstić information content (AvgIpc) is 3.52. The second kappa shape index (κ2) is 9.25. The smallest absolute Gasteiger partial charge is 0.347 e. The summed E-state index contributed by atoms with van der Waals surface area (Å²) in [5.74, 6) is -1.27. The van der Waals surface area contributed by atoms with Crippen molar-refractivity contribution in [1.82, 2.24) is 5.32 Å². The highest BCUT2D eigenvalue weighted by Gasteiger charge is 2.73. The summed E-state index contributed by atoms with van der Waals surface area (Å²) in [4.78, 5) is 25.9. The van der Waals surface area contributed by atoms with Gasteiger partial charge in [0.05, 0.1) is 11.1 Å². The lowest BCUT2D eigenvalue weighted by molar-refractivity contribution is -0.348. The molecule has 2 aromatic rings. The molecule has 190 valence electrons. The average molecular weight is 616 g/mol. The van der Waals surface area contributed by atoms with Crippen molar-refractivity contribution in [1.29, 1.82) is 0 Å².